The summed E-state index contributed by atoms with van der Waals surface area (Å²) in [6, 6.07) is 0. The van der Waals surface area contributed by atoms with E-state index in [1.54, 1.807) is 0 Å². The van der Waals surface area contributed by atoms with E-state index in [0.29, 0.717) is 6.42 Å². The van der Waals surface area contributed by atoms with Crippen LogP contribution in [0, 0.1) is 6.61 Å². The fourth-order valence-electron chi connectivity index (χ4n) is 0.451. The largest absolute Gasteiger partial charge is 0.356 e. The van der Waals surface area contributed by atoms with E-state index >= 15 is 0 Å². The fraction of sp³-hybridized carbons (Fsp3) is 0.750. The summed E-state index contributed by atoms with van der Waals surface area (Å²) in [7, 11) is -2.92. The van der Waals surface area contributed by atoms with Crippen LogP contribution >= 0.6 is 0 Å². The van der Waals surface area contributed by atoms with E-state index in [1.165, 1.54) is 12.9 Å². The molecule has 1 aliphatic rings. The van der Waals surface area contributed by atoms with Crippen LogP contribution in [0.5, 0.6) is 0 Å². The van der Waals surface area contributed by atoms with Crippen molar-refractivity contribution in [2.75, 3.05) is 6.26 Å². The lowest BCUT2D eigenvalue weighted by atomic mass is 10.4. The topological polar surface area (TPSA) is 43.4 Å². The van der Waals surface area contributed by atoms with Crippen molar-refractivity contribution in [2.45, 2.75) is 11.9 Å². The molecule has 1 saturated heterocycles. The third-order valence-corrected chi connectivity index (χ3v) is 2.27. The van der Waals surface area contributed by atoms with Gasteiger partial charge in [-0.1, -0.05) is 0 Å². The van der Waals surface area contributed by atoms with Gasteiger partial charge >= 0.3 is 0 Å². The van der Waals surface area contributed by atoms with Gasteiger partial charge in [-0.3, -0.25) is 0 Å². The number of hydrogen-bond donors (Lipinski definition) is 0. The Kier molecular flexibility index (Phi) is 1.28. The molecule has 0 aliphatic carbocycles. The van der Waals surface area contributed by atoms with Crippen LogP contribution in [0.4, 0.5) is 0 Å². The highest BCUT2D eigenvalue weighted by Crippen LogP contribution is 2.19. The van der Waals surface area contributed by atoms with Gasteiger partial charge in [0, 0.05) is 12.7 Å². The zero-order chi connectivity index (χ0) is 6.20. The van der Waals surface area contributed by atoms with Crippen molar-refractivity contribution < 1.29 is 13.2 Å². The summed E-state index contributed by atoms with van der Waals surface area (Å²) in [6.45, 7) is 1.49. The van der Waals surface area contributed by atoms with E-state index in [4.69, 9.17) is 0 Å². The molecule has 0 aromatic carbocycles. The van der Waals surface area contributed by atoms with Gasteiger partial charge in [-0.05, 0) is 0 Å². The van der Waals surface area contributed by atoms with Crippen molar-refractivity contribution in [3.05, 3.63) is 6.61 Å². The molecule has 3 nitrogen and oxygen atoms in total. The van der Waals surface area contributed by atoms with Gasteiger partial charge in [-0.2, -0.15) is 0 Å². The maximum atomic E-state index is 10.5. The van der Waals surface area contributed by atoms with Crippen LogP contribution in [0.1, 0.15) is 6.42 Å². The number of hydrogen-bond acceptors (Lipinski definition) is 3. The molecule has 0 aromatic heterocycles. The predicted molar refractivity (Wildman–Crippen MR) is 28.6 cm³/mol. The van der Waals surface area contributed by atoms with Gasteiger partial charge in [0.2, 0.25) is 0 Å². The zero-order valence-corrected chi connectivity index (χ0v) is 5.31. The molecule has 1 radical (unpaired) electrons. The molecule has 0 amide bonds. The highest BCUT2D eigenvalue weighted by molar-refractivity contribution is 7.91. The molecule has 1 rings (SSSR count). The van der Waals surface area contributed by atoms with Gasteiger partial charge < -0.3 is 4.74 Å². The second-order valence-electron chi connectivity index (χ2n) is 1.80. The Morgan fingerprint density at radius 1 is 1.75 bits per heavy atom. The van der Waals surface area contributed by atoms with E-state index in [9.17, 15) is 8.42 Å². The Bertz CT molecular complexity index is 166. The molecule has 4 heteroatoms. The van der Waals surface area contributed by atoms with Gasteiger partial charge in [0.25, 0.3) is 0 Å². The molecule has 0 spiro atoms. The van der Waals surface area contributed by atoms with Crippen molar-refractivity contribution >= 4 is 9.84 Å². The number of ether oxygens (including phenoxy) is 1. The van der Waals surface area contributed by atoms with Gasteiger partial charge in [-0.25, -0.2) is 8.42 Å². The van der Waals surface area contributed by atoms with E-state index in [-0.39, 0.29) is 0 Å². The minimum absolute atomic E-state index is 0.541. The fourth-order valence-corrected chi connectivity index (χ4v) is 1.16. The summed E-state index contributed by atoms with van der Waals surface area (Å²) in [5.41, 5.74) is -0.553. The smallest absolute Gasteiger partial charge is 0.174 e. The van der Waals surface area contributed by atoms with Gasteiger partial charge in [0.1, 0.15) is 0 Å². The monoisotopic (exact) mass is 135 g/mol. The molecule has 47 valence electrons. The quantitative estimate of drug-likeness (QED) is 0.506. The molecule has 8 heavy (non-hydrogen) atoms. The molecule has 1 heterocycles. The molecule has 0 aromatic rings. The molecular weight excluding hydrogens is 128 g/mol. The van der Waals surface area contributed by atoms with Crippen LogP contribution < -0.4 is 0 Å². The first-order valence-corrected chi connectivity index (χ1v) is 4.22. The van der Waals surface area contributed by atoms with Crippen LogP contribution in [0.25, 0.3) is 0 Å². The summed E-state index contributed by atoms with van der Waals surface area (Å²) in [5, 5.41) is 0. The molecule has 0 saturated carbocycles. The number of sulfone groups is 1. The van der Waals surface area contributed by atoms with Gasteiger partial charge in [-0.15, -0.1) is 0 Å². The van der Waals surface area contributed by atoms with E-state index in [2.05, 4.69) is 4.74 Å². The first kappa shape index (κ1) is 6.04. The van der Waals surface area contributed by atoms with Gasteiger partial charge in [0.15, 0.2) is 15.3 Å². The lowest BCUT2D eigenvalue weighted by Gasteiger charge is -2.22. The van der Waals surface area contributed by atoms with Crippen molar-refractivity contribution in [1.82, 2.24) is 0 Å². The number of rotatable bonds is 1. The van der Waals surface area contributed by atoms with Crippen LogP contribution in [0.2, 0.25) is 0 Å². The maximum Gasteiger partial charge on any atom is 0.174 e. The van der Waals surface area contributed by atoms with Crippen molar-refractivity contribution in [3.63, 3.8) is 0 Å². The lowest BCUT2D eigenvalue weighted by Crippen LogP contribution is -2.30. The second-order valence-corrected chi connectivity index (χ2v) is 3.98. The molecule has 1 unspecified atom stereocenters. The normalized spacial score (nSPS) is 29.4. The Balaban J connectivity index is 2.60. The Hall–Kier alpha value is -0.0900. The molecule has 0 N–H and O–H groups in total. The van der Waals surface area contributed by atoms with Crippen LogP contribution in [-0.4, -0.2) is 20.1 Å². The summed E-state index contributed by atoms with van der Waals surface area (Å²) in [4.78, 5) is 0. The van der Waals surface area contributed by atoms with Crippen LogP contribution in [0.15, 0.2) is 0 Å². The van der Waals surface area contributed by atoms with Crippen molar-refractivity contribution in [3.8, 4) is 0 Å². The third-order valence-electron chi connectivity index (χ3n) is 1.01. The van der Waals surface area contributed by atoms with Gasteiger partial charge in [0.05, 0.1) is 6.61 Å². The summed E-state index contributed by atoms with van der Waals surface area (Å²) in [6.07, 6.45) is 1.71. The summed E-state index contributed by atoms with van der Waals surface area (Å²) >= 11 is 0. The molecule has 1 fully saturated rings. The highest BCUT2D eigenvalue weighted by atomic mass is 32.2. The molecule has 1 aliphatic heterocycles. The molecular formula is C4H7O3S. The minimum atomic E-state index is -2.92. The highest BCUT2D eigenvalue weighted by Gasteiger charge is 2.28. The van der Waals surface area contributed by atoms with Crippen molar-refractivity contribution in [1.29, 1.82) is 0 Å². The average molecular weight is 135 g/mol. The van der Waals surface area contributed by atoms with E-state index < -0.39 is 15.3 Å². The molecule has 1 atom stereocenters. The minimum Gasteiger partial charge on any atom is -0.356 e. The second kappa shape index (κ2) is 1.70. The Morgan fingerprint density at radius 2 is 2.25 bits per heavy atom. The Labute approximate surface area is 48.6 Å². The summed E-state index contributed by atoms with van der Waals surface area (Å²) in [5.74, 6) is 0. The standard InChI is InChI=1S/C4H7O3S/c1-8(5,6)4-2-3-7-4/h3-4H,2H2,1H3. The zero-order valence-electron chi connectivity index (χ0n) is 4.49. The first-order valence-electron chi connectivity index (χ1n) is 2.27. The maximum absolute atomic E-state index is 10.5. The molecule has 0 bridgehead atoms. The first-order chi connectivity index (χ1) is 3.61. The Morgan fingerprint density at radius 3 is 2.25 bits per heavy atom. The average Bonchev–Trinajstić information content (AvgIpc) is 1.16. The van der Waals surface area contributed by atoms with E-state index in [1.807, 2.05) is 0 Å². The predicted octanol–water partition coefficient (Wildman–Crippen LogP) is -0.0608. The van der Waals surface area contributed by atoms with Crippen molar-refractivity contribution in [2.24, 2.45) is 0 Å². The third kappa shape index (κ3) is 1.00. The summed E-state index contributed by atoms with van der Waals surface area (Å²) < 4.78 is 25.5. The SMILES string of the molecule is CS(=O)(=O)C1C[CH]O1. The van der Waals surface area contributed by atoms with E-state index in [0.717, 1.165) is 0 Å². The van der Waals surface area contributed by atoms with Crippen LogP contribution in [-0.2, 0) is 14.6 Å². The van der Waals surface area contributed by atoms with Crippen LogP contribution in [0.3, 0.4) is 0 Å². The lowest BCUT2D eigenvalue weighted by molar-refractivity contribution is 0.0682.